The molecule has 1 aliphatic rings. The van der Waals surface area contributed by atoms with Crippen molar-refractivity contribution in [2.24, 2.45) is 5.73 Å². The molecule has 8 heteroatoms. The van der Waals surface area contributed by atoms with Crippen molar-refractivity contribution < 1.29 is 9.59 Å². The third kappa shape index (κ3) is 2.18. The Kier molecular flexibility index (Phi) is 3.12. The van der Waals surface area contributed by atoms with Crippen LogP contribution in [-0.2, 0) is 13.0 Å². The molecule has 0 saturated carbocycles. The monoisotopic (exact) mass is 327 g/mol. The van der Waals surface area contributed by atoms with Gasteiger partial charge in [0.15, 0.2) is 0 Å². The number of thiophene rings is 1. The van der Waals surface area contributed by atoms with E-state index in [1.807, 2.05) is 0 Å². The number of hydrogen-bond acceptors (Lipinski definition) is 5. The third-order valence-electron chi connectivity index (χ3n) is 4.05. The van der Waals surface area contributed by atoms with Crippen LogP contribution in [0.2, 0.25) is 0 Å². The standard InChI is InChI=1S/C15H13N5O2S/c16-14(21)11-8-23-13-7-19(3-1-9(11)13)15(22)10-5-18-20-4-2-17-6-12(10)20/h2,4-6,8H,1,3,7H2,(H2,16,21). The fourth-order valence-corrected chi connectivity index (χ4v) is 3.98. The minimum Gasteiger partial charge on any atom is -0.366 e. The zero-order valence-electron chi connectivity index (χ0n) is 12.1. The molecule has 4 rings (SSSR count). The molecular weight excluding hydrogens is 314 g/mol. The van der Waals surface area contributed by atoms with Gasteiger partial charge in [0.2, 0.25) is 5.91 Å². The number of nitrogens with zero attached hydrogens (tertiary/aromatic N) is 4. The highest BCUT2D eigenvalue weighted by Crippen LogP contribution is 2.29. The second-order valence-corrected chi connectivity index (χ2v) is 6.32. The van der Waals surface area contributed by atoms with Gasteiger partial charge in [0.1, 0.15) is 0 Å². The van der Waals surface area contributed by atoms with E-state index in [1.54, 1.807) is 39.6 Å². The van der Waals surface area contributed by atoms with E-state index in [4.69, 9.17) is 5.73 Å². The number of aromatic nitrogens is 3. The van der Waals surface area contributed by atoms with Crippen LogP contribution < -0.4 is 5.73 Å². The number of amides is 2. The Morgan fingerprint density at radius 1 is 1.26 bits per heavy atom. The first-order valence-corrected chi connectivity index (χ1v) is 7.99. The zero-order valence-corrected chi connectivity index (χ0v) is 12.9. The molecule has 0 unspecified atom stereocenters. The summed E-state index contributed by atoms with van der Waals surface area (Å²) in [5, 5.41) is 5.95. The summed E-state index contributed by atoms with van der Waals surface area (Å²) >= 11 is 1.47. The van der Waals surface area contributed by atoms with E-state index in [1.165, 1.54) is 11.3 Å². The molecule has 0 atom stereocenters. The molecule has 0 radical (unpaired) electrons. The largest absolute Gasteiger partial charge is 0.366 e. The van der Waals surface area contributed by atoms with Gasteiger partial charge in [-0.15, -0.1) is 11.3 Å². The van der Waals surface area contributed by atoms with Gasteiger partial charge in [-0.2, -0.15) is 5.10 Å². The number of nitrogens with two attached hydrogens (primary N) is 1. The Hall–Kier alpha value is -2.74. The highest BCUT2D eigenvalue weighted by molar-refractivity contribution is 7.10. The zero-order chi connectivity index (χ0) is 16.0. The van der Waals surface area contributed by atoms with Gasteiger partial charge in [0, 0.05) is 29.2 Å². The molecule has 0 aromatic carbocycles. The number of primary amides is 1. The van der Waals surface area contributed by atoms with Gasteiger partial charge in [0.05, 0.1) is 35.6 Å². The molecule has 4 heterocycles. The van der Waals surface area contributed by atoms with Crippen molar-refractivity contribution in [2.45, 2.75) is 13.0 Å². The van der Waals surface area contributed by atoms with Gasteiger partial charge >= 0.3 is 0 Å². The number of fused-ring (bicyclic) bond motifs is 2. The molecule has 0 aliphatic carbocycles. The molecule has 3 aromatic rings. The first-order chi connectivity index (χ1) is 11.1. The van der Waals surface area contributed by atoms with Crippen LogP contribution >= 0.6 is 11.3 Å². The molecular formula is C15H13N5O2S. The number of hydrogen-bond donors (Lipinski definition) is 1. The molecule has 116 valence electrons. The maximum Gasteiger partial charge on any atom is 0.258 e. The van der Waals surface area contributed by atoms with Crippen molar-refractivity contribution in [3.05, 3.63) is 51.7 Å². The molecule has 23 heavy (non-hydrogen) atoms. The highest BCUT2D eigenvalue weighted by atomic mass is 32.1. The van der Waals surface area contributed by atoms with Crippen LogP contribution in [-0.4, -0.2) is 37.9 Å². The summed E-state index contributed by atoms with van der Waals surface area (Å²) in [6.45, 7) is 1.05. The van der Waals surface area contributed by atoms with E-state index in [9.17, 15) is 9.59 Å². The van der Waals surface area contributed by atoms with Gasteiger partial charge in [-0.3, -0.25) is 14.6 Å². The molecule has 3 aromatic heterocycles. The van der Waals surface area contributed by atoms with Gasteiger partial charge in [-0.25, -0.2) is 4.52 Å². The SMILES string of the molecule is NC(=O)c1csc2c1CCN(C(=O)c1cnn3ccncc13)C2. The Balaban J connectivity index is 1.64. The highest BCUT2D eigenvalue weighted by Gasteiger charge is 2.27. The summed E-state index contributed by atoms with van der Waals surface area (Å²) in [7, 11) is 0. The Labute approximate surface area is 135 Å². The fourth-order valence-electron chi connectivity index (χ4n) is 2.88. The lowest BCUT2D eigenvalue weighted by Gasteiger charge is -2.27. The number of carbonyl (C=O) groups excluding carboxylic acids is 2. The van der Waals surface area contributed by atoms with E-state index in [-0.39, 0.29) is 5.91 Å². The summed E-state index contributed by atoms with van der Waals surface area (Å²) < 4.78 is 1.63. The minimum atomic E-state index is -0.407. The molecule has 1 aliphatic heterocycles. The summed E-state index contributed by atoms with van der Waals surface area (Å²) in [5.41, 5.74) is 8.17. The van der Waals surface area contributed by atoms with Crippen molar-refractivity contribution in [2.75, 3.05) is 6.54 Å². The second-order valence-electron chi connectivity index (χ2n) is 5.36. The summed E-state index contributed by atoms with van der Waals surface area (Å²) in [6.07, 6.45) is 7.17. The van der Waals surface area contributed by atoms with Crippen LogP contribution in [0.5, 0.6) is 0 Å². The fraction of sp³-hybridized carbons (Fsp3) is 0.200. The molecule has 7 nitrogen and oxygen atoms in total. The van der Waals surface area contributed by atoms with E-state index >= 15 is 0 Å². The first-order valence-electron chi connectivity index (χ1n) is 7.11. The van der Waals surface area contributed by atoms with Crippen LogP contribution in [0.3, 0.4) is 0 Å². The molecule has 0 fully saturated rings. The van der Waals surface area contributed by atoms with Crippen molar-refractivity contribution in [1.82, 2.24) is 19.5 Å². The summed E-state index contributed by atoms with van der Waals surface area (Å²) in [4.78, 5) is 31.0. The Morgan fingerprint density at radius 3 is 2.96 bits per heavy atom. The van der Waals surface area contributed by atoms with Crippen LogP contribution in [0.15, 0.2) is 30.2 Å². The van der Waals surface area contributed by atoms with Crippen molar-refractivity contribution in [1.29, 1.82) is 0 Å². The van der Waals surface area contributed by atoms with Crippen LogP contribution in [0.4, 0.5) is 0 Å². The van der Waals surface area contributed by atoms with E-state index in [0.29, 0.717) is 36.2 Å². The van der Waals surface area contributed by atoms with Crippen LogP contribution in [0.25, 0.3) is 5.52 Å². The average Bonchev–Trinajstić information content (AvgIpc) is 3.17. The number of carbonyl (C=O) groups is 2. The molecule has 2 amide bonds. The normalized spacial score (nSPS) is 14.0. The molecule has 2 N–H and O–H groups in total. The van der Waals surface area contributed by atoms with Crippen molar-refractivity contribution in [3.8, 4) is 0 Å². The maximum absolute atomic E-state index is 12.8. The first kappa shape index (κ1) is 13.9. The van der Waals surface area contributed by atoms with E-state index < -0.39 is 5.91 Å². The third-order valence-corrected chi connectivity index (χ3v) is 5.07. The quantitative estimate of drug-likeness (QED) is 0.762. The molecule has 0 bridgehead atoms. The summed E-state index contributed by atoms with van der Waals surface area (Å²) in [5.74, 6) is -0.483. The Bertz CT molecular complexity index is 929. The van der Waals surface area contributed by atoms with Gasteiger partial charge in [-0.1, -0.05) is 0 Å². The van der Waals surface area contributed by atoms with Crippen LogP contribution in [0.1, 0.15) is 31.2 Å². The predicted molar refractivity (Wildman–Crippen MR) is 84.3 cm³/mol. The van der Waals surface area contributed by atoms with E-state index in [0.717, 1.165) is 10.4 Å². The van der Waals surface area contributed by atoms with Crippen molar-refractivity contribution >= 4 is 28.7 Å². The van der Waals surface area contributed by atoms with Gasteiger partial charge < -0.3 is 10.6 Å². The minimum absolute atomic E-state index is 0.0762. The summed E-state index contributed by atoms with van der Waals surface area (Å²) in [6, 6.07) is 0. The number of rotatable bonds is 2. The lowest BCUT2D eigenvalue weighted by Crippen LogP contribution is -2.35. The lowest BCUT2D eigenvalue weighted by atomic mass is 10.0. The molecule has 0 spiro atoms. The average molecular weight is 327 g/mol. The molecule has 0 saturated heterocycles. The topological polar surface area (TPSA) is 93.6 Å². The lowest BCUT2D eigenvalue weighted by molar-refractivity contribution is 0.0739. The van der Waals surface area contributed by atoms with Crippen LogP contribution in [0, 0.1) is 0 Å². The smallest absolute Gasteiger partial charge is 0.258 e. The van der Waals surface area contributed by atoms with Gasteiger partial charge in [-0.05, 0) is 12.0 Å². The van der Waals surface area contributed by atoms with E-state index in [2.05, 4.69) is 10.1 Å². The van der Waals surface area contributed by atoms with Crippen molar-refractivity contribution in [3.63, 3.8) is 0 Å². The second kappa shape index (κ2) is 5.17. The Morgan fingerprint density at radius 2 is 2.13 bits per heavy atom. The van der Waals surface area contributed by atoms with Gasteiger partial charge in [0.25, 0.3) is 5.91 Å². The predicted octanol–water partition coefficient (Wildman–Crippen LogP) is 1.09. The maximum atomic E-state index is 12.8.